The maximum atomic E-state index is 13.1. The van der Waals surface area contributed by atoms with Gasteiger partial charge in [-0.05, 0) is 47.5 Å². The van der Waals surface area contributed by atoms with Crippen LogP contribution < -0.4 is 10.5 Å². The van der Waals surface area contributed by atoms with E-state index in [9.17, 15) is 8.42 Å². The van der Waals surface area contributed by atoms with E-state index in [1.54, 1.807) is 23.9 Å². The maximum absolute atomic E-state index is 13.1. The number of fused-ring (bicyclic) bond motifs is 1. The summed E-state index contributed by atoms with van der Waals surface area (Å²) in [5, 5.41) is 1.76. The molecule has 0 aliphatic heterocycles. The van der Waals surface area contributed by atoms with Crippen molar-refractivity contribution in [3.8, 4) is 5.75 Å². The molecule has 0 saturated carbocycles. The van der Waals surface area contributed by atoms with Crippen molar-refractivity contribution in [1.29, 1.82) is 0 Å². The molecule has 4 rings (SSSR count). The molecule has 2 unspecified atom stereocenters. The molecule has 37 heavy (non-hydrogen) atoms. The summed E-state index contributed by atoms with van der Waals surface area (Å²) in [6.07, 6.45) is -1.03. The van der Waals surface area contributed by atoms with Crippen molar-refractivity contribution < 1.29 is 17.3 Å². The molecule has 7 heteroatoms. The van der Waals surface area contributed by atoms with Gasteiger partial charge in [-0.2, -0.15) is 8.42 Å². The van der Waals surface area contributed by atoms with Gasteiger partial charge in [0.1, 0.15) is 17.6 Å². The first-order valence-electron chi connectivity index (χ1n) is 12.2. The molecule has 4 aromatic carbocycles. The van der Waals surface area contributed by atoms with E-state index in [1.807, 2.05) is 85.8 Å². The van der Waals surface area contributed by atoms with E-state index in [2.05, 4.69) is 20.8 Å². The molecule has 0 aliphatic carbocycles. The van der Waals surface area contributed by atoms with E-state index in [0.29, 0.717) is 5.75 Å². The van der Waals surface area contributed by atoms with Gasteiger partial charge in [-0.1, -0.05) is 93.6 Å². The van der Waals surface area contributed by atoms with Crippen LogP contribution in [0.15, 0.2) is 107 Å². The summed E-state index contributed by atoms with van der Waals surface area (Å²) in [5.74, 6) is 0.707. The number of nitrogens with two attached hydrogens (primary N) is 1. The van der Waals surface area contributed by atoms with Crippen LogP contribution in [-0.4, -0.2) is 19.4 Å². The molecule has 0 bridgehead atoms. The lowest BCUT2D eigenvalue weighted by Gasteiger charge is -2.34. The van der Waals surface area contributed by atoms with Crippen LogP contribution in [-0.2, 0) is 19.9 Å². The van der Waals surface area contributed by atoms with Crippen LogP contribution in [0.3, 0.4) is 0 Å². The van der Waals surface area contributed by atoms with Crippen LogP contribution in [0.4, 0.5) is 0 Å². The third-order valence-corrected chi connectivity index (χ3v) is 8.34. The van der Waals surface area contributed by atoms with Crippen molar-refractivity contribution in [2.24, 2.45) is 5.73 Å². The molecule has 0 fully saturated rings. The Bertz CT molecular complexity index is 1470. The smallest absolute Gasteiger partial charge is 0.298 e. The summed E-state index contributed by atoms with van der Waals surface area (Å²) in [6, 6.07) is 30.0. The van der Waals surface area contributed by atoms with Gasteiger partial charge >= 0.3 is 0 Å². The number of hydrogen-bond donors (Lipinski definition) is 1. The van der Waals surface area contributed by atoms with Crippen LogP contribution in [0.5, 0.6) is 5.75 Å². The third kappa shape index (κ3) is 6.93. The summed E-state index contributed by atoms with van der Waals surface area (Å²) >= 11 is 1.71. The van der Waals surface area contributed by atoms with Crippen molar-refractivity contribution in [2.45, 2.75) is 60.5 Å². The van der Waals surface area contributed by atoms with Gasteiger partial charge in [-0.25, -0.2) is 4.18 Å². The van der Waals surface area contributed by atoms with E-state index in [-0.39, 0.29) is 16.1 Å². The second-order valence-corrected chi connectivity index (χ2v) is 13.6. The lowest BCUT2D eigenvalue weighted by molar-refractivity contribution is 0.0320. The van der Waals surface area contributed by atoms with Gasteiger partial charge in [0.25, 0.3) is 10.1 Å². The molecular formula is C30H33NO4S2. The Morgan fingerprint density at radius 3 is 2.14 bits per heavy atom. The van der Waals surface area contributed by atoms with E-state index < -0.39 is 21.9 Å². The number of benzene rings is 4. The molecule has 0 amide bonds. The largest absolute Gasteiger partial charge is 0.482 e. The summed E-state index contributed by atoms with van der Waals surface area (Å²) in [6.45, 7) is 8.34. The molecule has 0 radical (unpaired) electrons. The van der Waals surface area contributed by atoms with Gasteiger partial charge in [-0.15, -0.1) is 11.8 Å². The predicted octanol–water partition coefficient (Wildman–Crippen LogP) is 7.11. The summed E-state index contributed by atoms with van der Waals surface area (Å²) in [5.41, 5.74) is 6.26. The quantitative estimate of drug-likeness (QED) is 0.140. The molecule has 4 aromatic rings. The minimum absolute atomic E-state index is 0.0178. The lowest BCUT2D eigenvalue weighted by atomic mass is 9.91. The average Bonchev–Trinajstić information content (AvgIpc) is 2.84. The average molecular weight is 536 g/mol. The maximum Gasteiger partial charge on any atom is 0.298 e. The van der Waals surface area contributed by atoms with Gasteiger partial charge in [0.2, 0.25) is 0 Å². The molecule has 0 spiro atoms. The minimum Gasteiger partial charge on any atom is -0.482 e. The molecule has 194 valence electrons. The van der Waals surface area contributed by atoms with Gasteiger partial charge in [0.15, 0.2) is 0 Å². The zero-order valence-electron chi connectivity index (χ0n) is 21.5. The highest BCUT2D eigenvalue weighted by atomic mass is 32.2. The van der Waals surface area contributed by atoms with E-state index in [0.717, 1.165) is 21.2 Å². The Hall–Kier alpha value is -2.84. The van der Waals surface area contributed by atoms with E-state index in [4.69, 9.17) is 14.7 Å². The number of para-hydroxylation sites is 1. The van der Waals surface area contributed by atoms with E-state index in [1.165, 1.54) is 6.07 Å². The molecule has 0 aromatic heterocycles. The zero-order valence-corrected chi connectivity index (χ0v) is 23.2. The Morgan fingerprint density at radius 2 is 1.43 bits per heavy atom. The summed E-state index contributed by atoms with van der Waals surface area (Å²) < 4.78 is 38.4. The standard InChI is InChI=1S/C30H33NO4S2/c1-29(2,3)36-27-17-11-10-16-26(27)34-30(4,24-14-6-5-7-15-24)21-28(31)35-37(32,33)25-19-18-22-12-8-9-13-23(22)20-25/h5-20,28H,21,31H2,1-4H3. The SMILES string of the molecule is CC(C)(C)Sc1ccccc1OC(C)(CC(N)OS(=O)(=O)c1ccc2ccccc2c1)c1ccccc1. The molecular weight excluding hydrogens is 502 g/mol. The second kappa shape index (κ2) is 10.9. The molecule has 0 heterocycles. The lowest BCUT2D eigenvalue weighted by Crippen LogP contribution is -2.39. The zero-order chi connectivity index (χ0) is 26.7. The predicted molar refractivity (Wildman–Crippen MR) is 151 cm³/mol. The fraction of sp³-hybridized carbons (Fsp3) is 0.267. The van der Waals surface area contributed by atoms with Crippen molar-refractivity contribution in [1.82, 2.24) is 0 Å². The van der Waals surface area contributed by atoms with Crippen molar-refractivity contribution in [3.05, 3.63) is 103 Å². The fourth-order valence-electron chi connectivity index (χ4n) is 4.16. The van der Waals surface area contributed by atoms with Gasteiger partial charge in [0, 0.05) is 16.1 Å². The summed E-state index contributed by atoms with van der Waals surface area (Å²) in [7, 11) is -4.10. The van der Waals surface area contributed by atoms with Gasteiger partial charge in [-0.3, -0.25) is 0 Å². The highest BCUT2D eigenvalue weighted by molar-refractivity contribution is 8.00. The minimum atomic E-state index is -4.10. The highest BCUT2D eigenvalue weighted by Gasteiger charge is 2.35. The Balaban J connectivity index is 1.61. The van der Waals surface area contributed by atoms with Crippen LogP contribution in [0.2, 0.25) is 0 Å². The van der Waals surface area contributed by atoms with Crippen molar-refractivity contribution in [3.63, 3.8) is 0 Å². The van der Waals surface area contributed by atoms with Gasteiger partial charge in [0.05, 0.1) is 4.90 Å². The molecule has 2 atom stereocenters. The monoisotopic (exact) mass is 535 g/mol. The van der Waals surface area contributed by atoms with Crippen LogP contribution in [0.25, 0.3) is 10.8 Å². The van der Waals surface area contributed by atoms with Crippen LogP contribution in [0, 0.1) is 0 Å². The van der Waals surface area contributed by atoms with Gasteiger partial charge < -0.3 is 10.5 Å². The number of rotatable bonds is 9. The first-order chi connectivity index (χ1) is 17.5. The van der Waals surface area contributed by atoms with Crippen LogP contribution >= 0.6 is 11.8 Å². The fourth-order valence-corrected chi connectivity index (χ4v) is 6.19. The summed E-state index contributed by atoms with van der Waals surface area (Å²) in [4.78, 5) is 1.06. The first kappa shape index (κ1) is 27.2. The Morgan fingerprint density at radius 1 is 0.811 bits per heavy atom. The van der Waals surface area contributed by atoms with Crippen LogP contribution in [0.1, 0.15) is 39.7 Å². The Kier molecular flexibility index (Phi) is 7.99. The third-order valence-electron chi connectivity index (χ3n) is 5.84. The highest BCUT2D eigenvalue weighted by Crippen LogP contribution is 2.41. The molecule has 5 nitrogen and oxygen atoms in total. The number of ether oxygens (including phenoxy) is 1. The normalized spacial score (nSPS) is 14.7. The number of thioether (sulfide) groups is 1. The topological polar surface area (TPSA) is 78.6 Å². The molecule has 0 saturated heterocycles. The van der Waals surface area contributed by atoms with Crippen molar-refractivity contribution >= 4 is 32.7 Å². The van der Waals surface area contributed by atoms with Crippen molar-refractivity contribution in [2.75, 3.05) is 0 Å². The number of hydrogen-bond acceptors (Lipinski definition) is 6. The Labute approximate surface area is 224 Å². The molecule has 0 aliphatic rings. The first-order valence-corrected chi connectivity index (χ1v) is 14.4. The van der Waals surface area contributed by atoms with E-state index >= 15 is 0 Å². The second-order valence-electron chi connectivity index (χ2n) is 10.2. The molecule has 2 N–H and O–H groups in total.